The standard InChI is InChI=1S/2C17H16N8.C2H2O4.4CH4O.2ClHO4.2Cu/c2*1-3-10-18-12(6-1)16-20-14(22-24-16)8-5-9-15-21-17(25-23-15)13-7-2-4-11-19-13;3-1(4)2(5)6;4*1-2;2*2-1(3,4)5;;/h2*1-4,6-7,10-11H,5,8-9H2,(H,20,22,24)(H,21,23,25);(H,3,4)(H,5,6);4*2H,1H3;2*(H,2,3,4,5);;/q;;;;;;;;;2*+1/p-2. The van der Waals surface area contributed by atoms with E-state index in [-0.39, 0.29) is 34.1 Å². The van der Waals surface area contributed by atoms with Crippen LogP contribution in [0.2, 0.25) is 0 Å². The number of aliphatic carboxylic acids is 2. The smallest absolute Gasteiger partial charge is 0.543 e. The van der Waals surface area contributed by atoms with Crippen molar-refractivity contribution in [3.05, 3.63) is 121 Å². The van der Waals surface area contributed by atoms with E-state index < -0.39 is 32.4 Å². The Bertz CT molecular complexity index is 2310. The first-order valence-corrected chi connectivity index (χ1v) is 22.7. The zero-order valence-corrected chi connectivity index (χ0v) is 43.4. The van der Waals surface area contributed by atoms with E-state index in [1.807, 2.05) is 72.8 Å². The van der Waals surface area contributed by atoms with Crippen LogP contribution in [0.3, 0.4) is 0 Å². The van der Waals surface area contributed by atoms with Gasteiger partial charge in [0.1, 0.15) is 23.0 Å². The van der Waals surface area contributed by atoms with Crippen molar-refractivity contribution >= 4 is 11.9 Å². The summed E-state index contributed by atoms with van der Waals surface area (Å²) >= 11 is 0. The maximum Gasteiger partial charge on any atom is 1.00 e. The van der Waals surface area contributed by atoms with E-state index in [1.165, 1.54) is 0 Å². The van der Waals surface area contributed by atoms with Crippen molar-refractivity contribution in [1.82, 2.24) is 70.5 Å². The summed E-state index contributed by atoms with van der Waals surface area (Å²) in [5, 5.41) is 72.5. The van der Waals surface area contributed by atoms with Gasteiger partial charge < -0.3 is 40.2 Å². The number of carboxylic acid groups (broad SMARTS) is 2. The minimum atomic E-state index is -4.94. The summed E-state index contributed by atoms with van der Waals surface area (Å²) in [6.07, 6.45) is 12.0. The van der Waals surface area contributed by atoms with Crippen LogP contribution in [0.1, 0.15) is 36.1 Å². The van der Waals surface area contributed by atoms with Gasteiger partial charge in [0, 0.05) is 78.9 Å². The number of H-pyrrole nitrogens is 6. The fourth-order valence-corrected chi connectivity index (χ4v) is 5.01. The molecule has 10 N–H and O–H groups in total. The molecule has 76 heavy (non-hydrogen) atoms. The molecule has 0 radical (unpaired) electrons. The Labute approximate surface area is 456 Å². The average Bonchev–Trinajstić information content (AvgIpc) is 4.27. The summed E-state index contributed by atoms with van der Waals surface area (Å²) in [6, 6.07) is 22.9. The summed E-state index contributed by atoms with van der Waals surface area (Å²) in [7, 11) is -5.89. The minimum Gasteiger partial charge on any atom is -0.543 e. The number of hydrogen-bond donors (Lipinski definition) is 8. The van der Waals surface area contributed by atoms with Gasteiger partial charge in [0.2, 0.25) is 0 Å². The molecule has 0 unspecified atom stereocenters. The van der Waals surface area contributed by atoms with Crippen LogP contribution in [-0.2, 0) is 69.4 Å². The second-order valence-corrected chi connectivity index (χ2v) is 13.9. The number of carbonyl (C=O) groups excluding carboxylic acids is 2. The summed E-state index contributed by atoms with van der Waals surface area (Å²) in [5.74, 6) is 1.85. The minimum absolute atomic E-state index is 0. The van der Waals surface area contributed by atoms with Crippen LogP contribution in [0.15, 0.2) is 97.6 Å². The number of carbonyl (C=O) groups is 2. The normalized spacial score (nSPS) is 9.63. The molecule has 0 fully saturated rings. The van der Waals surface area contributed by atoms with Crippen LogP contribution >= 0.6 is 0 Å². The van der Waals surface area contributed by atoms with Crippen molar-refractivity contribution in [2.45, 2.75) is 38.5 Å². The third-order valence-corrected chi connectivity index (χ3v) is 7.63. The summed E-state index contributed by atoms with van der Waals surface area (Å²) in [6.45, 7) is 0. The van der Waals surface area contributed by atoms with Gasteiger partial charge in [-0.05, 0) is 71.3 Å². The van der Waals surface area contributed by atoms with E-state index in [0.717, 1.165) is 125 Å². The summed E-state index contributed by atoms with van der Waals surface area (Å²) < 4.78 is 67.9. The molecule has 0 saturated heterocycles. The summed E-state index contributed by atoms with van der Waals surface area (Å²) in [4.78, 5) is 53.0. The molecule has 0 aromatic carbocycles. The average molecular weight is 1210 g/mol. The van der Waals surface area contributed by atoms with Crippen molar-refractivity contribution in [2.75, 3.05) is 28.4 Å². The topological polar surface area (TPSA) is 566 Å². The van der Waals surface area contributed by atoms with Gasteiger partial charge in [-0.2, -0.15) is 30.6 Å². The number of aliphatic hydroxyl groups is 4. The van der Waals surface area contributed by atoms with E-state index in [4.69, 9.17) is 77.5 Å². The fraction of sp³-hybridized carbons (Fsp3) is 0.250. The largest absolute Gasteiger partial charge is 1.00 e. The van der Waals surface area contributed by atoms with Crippen LogP contribution in [0, 0.1) is 20.5 Å². The molecular formula is C40H50Cl2Cu2N16O16. The molecule has 8 aromatic heterocycles. The molecule has 0 bridgehead atoms. The Hall–Kier alpha value is -6.76. The molecule has 0 saturated carbocycles. The Morgan fingerprint density at radius 2 is 0.711 bits per heavy atom. The van der Waals surface area contributed by atoms with Crippen molar-refractivity contribution in [3.63, 3.8) is 0 Å². The number of nitrogens with one attached hydrogen (secondary N) is 6. The van der Waals surface area contributed by atoms with Gasteiger partial charge in [0.05, 0.1) is 11.9 Å². The van der Waals surface area contributed by atoms with Crippen LogP contribution < -0.4 is 57.7 Å². The van der Waals surface area contributed by atoms with Crippen molar-refractivity contribution < 1.29 is 142 Å². The predicted molar refractivity (Wildman–Crippen MR) is 223 cm³/mol. The van der Waals surface area contributed by atoms with Gasteiger partial charge >= 0.3 is 45.8 Å². The van der Waals surface area contributed by atoms with Gasteiger partial charge in [-0.3, -0.25) is 20.2 Å². The Morgan fingerprint density at radius 3 is 0.961 bits per heavy atom. The SMILES string of the molecule is CO.CO.CO.CO.O=C([O-])C(=O)[O-].[Cu+].[Cu+].[O-][Cl+3]([O-])([O-])[O-].[O-][Cl+3]([O-])([O-])[O-].c1ccc(-c2n[nH]c(CCCc3nc(-c4ccccn4)[nH+][nH]3)n2)nc1.c1ccc(-c2n[nH]c(CCCc3nc(-c4ccccn4)[nH+][nH]3)n2)nc1. The number of aromatic nitrogens is 16. The molecule has 36 heteroatoms. The molecule has 0 amide bonds. The van der Waals surface area contributed by atoms with Crippen LogP contribution in [0.4, 0.5) is 0 Å². The van der Waals surface area contributed by atoms with Crippen molar-refractivity contribution in [3.8, 4) is 46.1 Å². The molecule has 0 spiro atoms. The van der Waals surface area contributed by atoms with Crippen molar-refractivity contribution in [1.29, 1.82) is 0 Å². The van der Waals surface area contributed by atoms with Gasteiger partial charge in [0.25, 0.3) is 11.6 Å². The van der Waals surface area contributed by atoms with E-state index in [1.54, 1.807) is 24.8 Å². The van der Waals surface area contributed by atoms with Gasteiger partial charge in [-0.25, -0.2) is 57.2 Å². The first kappa shape index (κ1) is 73.5. The number of carboxylic acids is 2. The number of aliphatic hydroxyl groups excluding tert-OH is 4. The Morgan fingerprint density at radius 1 is 0.447 bits per heavy atom. The third kappa shape index (κ3) is 33.9. The van der Waals surface area contributed by atoms with Crippen LogP contribution in [-0.4, -0.2) is 131 Å². The van der Waals surface area contributed by atoms with E-state index in [9.17, 15) is 0 Å². The first-order chi connectivity index (χ1) is 35.4. The Kier molecular flexibility index (Phi) is 41.1. The number of halogens is 2. The van der Waals surface area contributed by atoms with E-state index in [2.05, 4.69) is 80.7 Å². The fourth-order valence-electron chi connectivity index (χ4n) is 5.01. The second-order valence-electron chi connectivity index (χ2n) is 12.4. The van der Waals surface area contributed by atoms with E-state index >= 15 is 0 Å². The number of aromatic amines is 6. The van der Waals surface area contributed by atoms with Crippen LogP contribution in [0.5, 0.6) is 0 Å². The molecule has 0 atom stereocenters. The zero-order valence-electron chi connectivity index (χ0n) is 40.0. The Balaban J connectivity index is -0.000000975. The third-order valence-electron chi connectivity index (χ3n) is 7.63. The molecule has 8 heterocycles. The molecule has 8 aromatic rings. The molecule has 0 aliphatic heterocycles. The molecule has 32 nitrogen and oxygen atoms in total. The summed E-state index contributed by atoms with van der Waals surface area (Å²) in [5.41, 5.74) is 3.18. The zero-order chi connectivity index (χ0) is 56.0. The van der Waals surface area contributed by atoms with Gasteiger partial charge in [0.15, 0.2) is 23.0 Å². The molecule has 8 rings (SSSR count). The number of rotatable bonds is 12. The van der Waals surface area contributed by atoms with E-state index in [0.29, 0.717) is 11.6 Å². The number of pyridine rings is 4. The number of hydrogen-bond acceptors (Lipinski definition) is 26. The number of aryl methyl sites for hydroxylation is 4. The van der Waals surface area contributed by atoms with Crippen molar-refractivity contribution in [2.24, 2.45) is 0 Å². The number of nitrogens with zero attached hydrogens (tertiary/aromatic N) is 10. The van der Waals surface area contributed by atoms with Gasteiger partial charge in [-0.1, -0.05) is 24.3 Å². The maximum absolute atomic E-state index is 8.93. The van der Waals surface area contributed by atoms with Crippen LogP contribution in [0.25, 0.3) is 46.1 Å². The predicted octanol–water partition coefficient (Wildman–Crippen LogP) is -11.3. The molecule has 0 aliphatic rings. The molecular weight excluding hydrogens is 1160 g/mol. The second kappa shape index (κ2) is 42.5. The molecule has 0 aliphatic carbocycles. The first-order valence-electron chi connectivity index (χ1n) is 20.3. The molecule has 422 valence electrons. The quantitative estimate of drug-likeness (QED) is 0.0416. The monoisotopic (exact) mass is 1210 g/mol. The maximum atomic E-state index is 8.93. The van der Waals surface area contributed by atoms with Gasteiger partial charge in [-0.15, -0.1) is 20.5 Å².